The molecule has 0 aromatic carbocycles. The Balaban J connectivity index is 1.72. The molecule has 0 amide bonds. The van der Waals surface area contributed by atoms with Gasteiger partial charge < -0.3 is 14.5 Å². The van der Waals surface area contributed by atoms with E-state index in [2.05, 4.69) is 17.2 Å². The first-order valence-corrected chi connectivity index (χ1v) is 7.55. The number of hydrogen-bond acceptors (Lipinski definition) is 5. The molecule has 2 rings (SSSR count). The van der Waals surface area contributed by atoms with Crippen LogP contribution in [-0.2, 0) is 4.74 Å². The van der Waals surface area contributed by atoms with Gasteiger partial charge in [-0.25, -0.2) is 4.79 Å². The van der Waals surface area contributed by atoms with Crippen molar-refractivity contribution in [3.8, 4) is 0 Å². The van der Waals surface area contributed by atoms with Crippen LogP contribution in [0.1, 0.15) is 56.4 Å². The van der Waals surface area contributed by atoms with E-state index in [9.17, 15) is 4.79 Å². The molecule has 1 N–H and O–H groups in total. The number of rotatable bonds is 6. The molecule has 1 saturated carbocycles. The molecule has 2 atom stereocenters. The Morgan fingerprint density at radius 1 is 1.55 bits per heavy atom. The van der Waals surface area contributed by atoms with E-state index in [1.54, 1.807) is 6.92 Å². The number of anilines is 1. The molecule has 0 spiro atoms. The van der Waals surface area contributed by atoms with E-state index in [1.165, 1.54) is 31.9 Å². The lowest BCUT2D eigenvalue weighted by Crippen LogP contribution is -2.16. The number of esters is 1. The molecule has 1 aliphatic rings. The van der Waals surface area contributed by atoms with Crippen molar-refractivity contribution >= 4 is 12.0 Å². The third-order valence-corrected chi connectivity index (χ3v) is 3.86. The van der Waals surface area contributed by atoms with Gasteiger partial charge in [-0.2, -0.15) is 4.98 Å². The molecule has 112 valence electrons. The zero-order valence-electron chi connectivity index (χ0n) is 12.4. The molecule has 1 heterocycles. The minimum Gasteiger partial charge on any atom is -0.461 e. The zero-order chi connectivity index (χ0) is 14.4. The second-order valence-corrected chi connectivity index (χ2v) is 5.61. The highest BCUT2D eigenvalue weighted by atomic mass is 16.5. The lowest BCUT2D eigenvalue weighted by Gasteiger charge is -2.26. The Bertz CT molecular complexity index is 431. The zero-order valence-corrected chi connectivity index (χ0v) is 12.4. The summed E-state index contributed by atoms with van der Waals surface area (Å²) in [6, 6.07) is 0.400. The minimum absolute atomic E-state index is 0.223. The van der Waals surface area contributed by atoms with Crippen molar-refractivity contribution in [2.45, 2.75) is 46.0 Å². The van der Waals surface area contributed by atoms with Crippen LogP contribution in [0.5, 0.6) is 0 Å². The summed E-state index contributed by atoms with van der Waals surface area (Å²) in [6.45, 7) is 5.27. The van der Waals surface area contributed by atoms with E-state index in [0.29, 0.717) is 12.6 Å². The third kappa shape index (κ3) is 4.25. The fraction of sp³-hybridized carbons (Fsp3) is 0.733. The van der Waals surface area contributed by atoms with E-state index in [-0.39, 0.29) is 5.69 Å². The second-order valence-electron chi connectivity index (χ2n) is 5.61. The van der Waals surface area contributed by atoms with Crippen LogP contribution in [0, 0.1) is 11.8 Å². The molecule has 1 fully saturated rings. The Labute approximate surface area is 120 Å². The number of ether oxygens (including phenoxy) is 1. The molecule has 1 aliphatic carbocycles. The van der Waals surface area contributed by atoms with E-state index in [0.717, 1.165) is 24.8 Å². The van der Waals surface area contributed by atoms with Crippen LogP contribution < -0.4 is 5.32 Å². The van der Waals surface area contributed by atoms with Crippen LogP contribution in [0.25, 0.3) is 0 Å². The third-order valence-electron chi connectivity index (χ3n) is 3.86. The number of nitrogens with one attached hydrogen (secondary N) is 1. The summed E-state index contributed by atoms with van der Waals surface area (Å²) in [6.07, 6.45) is 7.82. The number of nitrogens with zero attached hydrogens (tertiary/aromatic N) is 1. The highest BCUT2D eigenvalue weighted by molar-refractivity contribution is 5.87. The standard InChI is InChI=1S/C15H24N2O3/c1-3-19-14(18)13-10-20-15(17-13)16-8-7-12-6-4-5-11(2)9-12/h10-12H,3-9H2,1-2H3,(H,16,17). The van der Waals surface area contributed by atoms with Crippen molar-refractivity contribution in [2.24, 2.45) is 11.8 Å². The molecular weight excluding hydrogens is 256 g/mol. The first-order valence-electron chi connectivity index (χ1n) is 7.55. The maximum absolute atomic E-state index is 11.4. The molecule has 1 aromatic heterocycles. The number of carbonyl (C=O) groups is 1. The van der Waals surface area contributed by atoms with Gasteiger partial charge in [0.05, 0.1) is 6.61 Å². The Morgan fingerprint density at radius 3 is 3.15 bits per heavy atom. The molecule has 5 heteroatoms. The summed E-state index contributed by atoms with van der Waals surface area (Å²) in [7, 11) is 0. The molecule has 1 aromatic rings. The topological polar surface area (TPSA) is 64.4 Å². The van der Waals surface area contributed by atoms with Crippen molar-refractivity contribution in [3.63, 3.8) is 0 Å². The summed E-state index contributed by atoms with van der Waals surface area (Å²) in [5, 5.41) is 3.14. The maximum atomic E-state index is 11.4. The second kappa shape index (κ2) is 7.31. The predicted molar refractivity (Wildman–Crippen MR) is 76.7 cm³/mol. The van der Waals surface area contributed by atoms with Gasteiger partial charge >= 0.3 is 5.97 Å². The smallest absolute Gasteiger partial charge is 0.360 e. The number of oxazole rings is 1. The summed E-state index contributed by atoms with van der Waals surface area (Å²) in [4.78, 5) is 15.5. The fourth-order valence-electron chi connectivity index (χ4n) is 2.86. The molecule has 0 radical (unpaired) electrons. The largest absolute Gasteiger partial charge is 0.461 e. The molecule has 5 nitrogen and oxygen atoms in total. The number of hydrogen-bond donors (Lipinski definition) is 1. The summed E-state index contributed by atoms with van der Waals surface area (Å²) >= 11 is 0. The SMILES string of the molecule is CCOC(=O)c1coc(NCCC2CCCC(C)C2)n1. The van der Waals surface area contributed by atoms with Gasteiger partial charge in [-0.05, 0) is 31.6 Å². The molecule has 20 heavy (non-hydrogen) atoms. The van der Waals surface area contributed by atoms with Crippen LogP contribution in [0.3, 0.4) is 0 Å². The van der Waals surface area contributed by atoms with Gasteiger partial charge in [0.2, 0.25) is 0 Å². The predicted octanol–water partition coefficient (Wildman–Crippen LogP) is 3.48. The van der Waals surface area contributed by atoms with Gasteiger partial charge in [-0.1, -0.05) is 26.2 Å². The normalized spacial score (nSPS) is 22.5. The first kappa shape index (κ1) is 14.9. The van der Waals surface area contributed by atoms with Crippen molar-refractivity contribution in [1.82, 2.24) is 4.98 Å². The van der Waals surface area contributed by atoms with E-state index in [1.807, 2.05) is 0 Å². The van der Waals surface area contributed by atoms with E-state index >= 15 is 0 Å². The molecule has 2 unspecified atom stereocenters. The number of aromatic nitrogens is 1. The van der Waals surface area contributed by atoms with E-state index in [4.69, 9.17) is 9.15 Å². The highest BCUT2D eigenvalue weighted by Gasteiger charge is 2.18. The fourth-order valence-corrected chi connectivity index (χ4v) is 2.86. The van der Waals surface area contributed by atoms with Gasteiger partial charge in [-0.3, -0.25) is 0 Å². The first-order chi connectivity index (χ1) is 9.69. The molecule has 0 bridgehead atoms. The van der Waals surface area contributed by atoms with Crippen LogP contribution >= 0.6 is 0 Å². The Morgan fingerprint density at radius 2 is 2.40 bits per heavy atom. The quantitative estimate of drug-likeness (QED) is 0.808. The van der Waals surface area contributed by atoms with Gasteiger partial charge in [-0.15, -0.1) is 0 Å². The van der Waals surface area contributed by atoms with Gasteiger partial charge in [0, 0.05) is 6.54 Å². The summed E-state index contributed by atoms with van der Waals surface area (Å²) in [5.74, 6) is 1.21. The minimum atomic E-state index is -0.439. The van der Waals surface area contributed by atoms with Crippen molar-refractivity contribution in [1.29, 1.82) is 0 Å². The van der Waals surface area contributed by atoms with Crippen molar-refractivity contribution in [2.75, 3.05) is 18.5 Å². The molecule has 0 saturated heterocycles. The Kier molecular flexibility index (Phi) is 5.44. The van der Waals surface area contributed by atoms with Crippen molar-refractivity contribution < 1.29 is 13.9 Å². The Hall–Kier alpha value is -1.52. The van der Waals surface area contributed by atoms with Crippen LogP contribution in [0.4, 0.5) is 6.01 Å². The summed E-state index contributed by atoms with van der Waals surface area (Å²) < 4.78 is 10.1. The average molecular weight is 280 g/mol. The van der Waals surface area contributed by atoms with Gasteiger partial charge in [0.1, 0.15) is 6.26 Å². The lowest BCUT2D eigenvalue weighted by molar-refractivity contribution is 0.0519. The van der Waals surface area contributed by atoms with E-state index < -0.39 is 5.97 Å². The number of carbonyl (C=O) groups excluding carboxylic acids is 1. The average Bonchev–Trinajstić information content (AvgIpc) is 2.88. The van der Waals surface area contributed by atoms with Gasteiger partial charge in [0.25, 0.3) is 6.01 Å². The van der Waals surface area contributed by atoms with Crippen LogP contribution in [0.2, 0.25) is 0 Å². The highest BCUT2D eigenvalue weighted by Crippen LogP contribution is 2.30. The van der Waals surface area contributed by atoms with Crippen LogP contribution in [-0.4, -0.2) is 24.1 Å². The van der Waals surface area contributed by atoms with Crippen LogP contribution in [0.15, 0.2) is 10.7 Å². The molecular formula is C15H24N2O3. The summed E-state index contributed by atoms with van der Waals surface area (Å²) in [5.41, 5.74) is 0.223. The maximum Gasteiger partial charge on any atom is 0.360 e. The van der Waals surface area contributed by atoms with Gasteiger partial charge in [0.15, 0.2) is 5.69 Å². The monoisotopic (exact) mass is 280 g/mol. The molecule has 0 aliphatic heterocycles. The lowest BCUT2D eigenvalue weighted by atomic mass is 9.81. The van der Waals surface area contributed by atoms with Crippen molar-refractivity contribution in [3.05, 3.63) is 12.0 Å².